The SMILES string of the molecule is COCCN=C(NCCc1cccs1)Nc1ccc2c(c1)OCCCO2.I. The lowest BCUT2D eigenvalue weighted by atomic mass is 10.2. The molecular formula is C19H26IN3O3S. The molecule has 0 bridgehead atoms. The first-order valence-corrected chi connectivity index (χ1v) is 9.69. The van der Waals surface area contributed by atoms with Crippen LogP contribution in [0.4, 0.5) is 5.69 Å². The van der Waals surface area contributed by atoms with E-state index in [0.717, 1.165) is 42.5 Å². The van der Waals surface area contributed by atoms with Crippen molar-refractivity contribution in [3.63, 3.8) is 0 Å². The zero-order valence-electron chi connectivity index (χ0n) is 15.4. The number of aliphatic imine (C=N–C) groups is 1. The smallest absolute Gasteiger partial charge is 0.195 e. The van der Waals surface area contributed by atoms with E-state index in [4.69, 9.17) is 14.2 Å². The van der Waals surface area contributed by atoms with Crippen molar-refractivity contribution in [2.45, 2.75) is 12.8 Å². The van der Waals surface area contributed by atoms with Gasteiger partial charge in [0.2, 0.25) is 0 Å². The summed E-state index contributed by atoms with van der Waals surface area (Å²) in [4.78, 5) is 5.91. The summed E-state index contributed by atoms with van der Waals surface area (Å²) < 4.78 is 16.5. The summed E-state index contributed by atoms with van der Waals surface area (Å²) in [5.74, 6) is 2.28. The molecule has 0 saturated carbocycles. The molecule has 148 valence electrons. The Bertz CT molecular complexity index is 710. The average Bonchev–Trinajstić information content (AvgIpc) is 3.05. The number of anilines is 1. The third-order valence-electron chi connectivity index (χ3n) is 3.82. The van der Waals surface area contributed by atoms with Crippen LogP contribution in [0.15, 0.2) is 40.7 Å². The minimum absolute atomic E-state index is 0. The Hall–Kier alpha value is -1.52. The molecule has 0 radical (unpaired) electrons. The topological polar surface area (TPSA) is 64.1 Å². The van der Waals surface area contributed by atoms with E-state index in [1.165, 1.54) is 4.88 Å². The van der Waals surface area contributed by atoms with Crippen LogP contribution in [0.3, 0.4) is 0 Å². The van der Waals surface area contributed by atoms with Crippen molar-refractivity contribution < 1.29 is 14.2 Å². The van der Waals surface area contributed by atoms with Crippen molar-refractivity contribution in [2.75, 3.05) is 45.3 Å². The van der Waals surface area contributed by atoms with Crippen molar-refractivity contribution in [3.05, 3.63) is 40.6 Å². The molecule has 0 aliphatic carbocycles. The summed E-state index contributed by atoms with van der Waals surface area (Å²) in [6, 6.07) is 10.1. The van der Waals surface area contributed by atoms with Gasteiger partial charge in [-0.05, 0) is 30.0 Å². The predicted molar refractivity (Wildman–Crippen MR) is 121 cm³/mol. The molecule has 1 aliphatic heterocycles. The second-order valence-electron chi connectivity index (χ2n) is 5.82. The fourth-order valence-corrected chi connectivity index (χ4v) is 3.23. The molecule has 3 rings (SSSR count). The van der Waals surface area contributed by atoms with E-state index >= 15 is 0 Å². The zero-order chi connectivity index (χ0) is 18.0. The van der Waals surface area contributed by atoms with Gasteiger partial charge < -0.3 is 24.8 Å². The van der Waals surface area contributed by atoms with E-state index in [0.29, 0.717) is 26.4 Å². The minimum Gasteiger partial charge on any atom is -0.490 e. The van der Waals surface area contributed by atoms with Crippen molar-refractivity contribution >= 4 is 47.0 Å². The number of nitrogens with one attached hydrogen (secondary N) is 2. The van der Waals surface area contributed by atoms with Crippen LogP contribution in [0.1, 0.15) is 11.3 Å². The summed E-state index contributed by atoms with van der Waals surface area (Å²) in [7, 11) is 1.68. The molecule has 2 aromatic rings. The number of benzene rings is 1. The van der Waals surface area contributed by atoms with Crippen LogP contribution in [-0.4, -0.2) is 46.0 Å². The second kappa shape index (κ2) is 12.0. The summed E-state index contributed by atoms with van der Waals surface area (Å²) in [6.07, 6.45) is 1.86. The molecule has 6 nitrogen and oxygen atoms in total. The Labute approximate surface area is 181 Å². The minimum atomic E-state index is 0. The van der Waals surface area contributed by atoms with Crippen LogP contribution in [0.5, 0.6) is 11.5 Å². The van der Waals surface area contributed by atoms with E-state index in [-0.39, 0.29) is 24.0 Å². The number of nitrogens with zero attached hydrogens (tertiary/aromatic N) is 1. The van der Waals surface area contributed by atoms with E-state index in [1.807, 2.05) is 18.2 Å². The lowest BCUT2D eigenvalue weighted by Crippen LogP contribution is -2.32. The Balaban J connectivity index is 0.00000261. The standard InChI is InChI=1S/C19H25N3O3S.HI/c1-23-12-9-21-19(20-8-7-16-4-2-13-26-16)22-15-5-6-17-18(14-15)25-11-3-10-24-17;/h2,4-6,13-14H,3,7-12H2,1H3,(H2,20,21,22);1H. The first-order chi connectivity index (χ1) is 12.8. The highest BCUT2D eigenvalue weighted by atomic mass is 127. The molecule has 0 atom stereocenters. The van der Waals surface area contributed by atoms with Gasteiger partial charge in [0.1, 0.15) is 0 Å². The zero-order valence-corrected chi connectivity index (χ0v) is 18.5. The number of rotatable bonds is 7. The van der Waals surface area contributed by atoms with Crippen molar-refractivity contribution in [1.82, 2.24) is 5.32 Å². The van der Waals surface area contributed by atoms with E-state index in [9.17, 15) is 0 Å². The highest BCUT2D eigenvalue weighted by Crippen LogP contribution is 2.32. The summed E-state index contributed by atoms with van der Waals surface area (Å²) >= 11 is 1.77. The van der Waals surface area contributed by atoms with Gasteiger partial charge in [0.15, 0.2) is 17.5 Å². The number of fused-ring (bicyclic) bond motifs is 1. The van der Waals surface area contributed by atoms with E-state index in [1.54, 1.807) is 18.4 Å². The molecule has 1 aromatic carbocycles. The van der Waals surface area contributed by atoms with Gasteiger partial charge in [-0.3, -0.25) is 4.99 Å². The average molecular weight is 503 g/mol. The third-order valence-corrected chi connectivity index (χ3v) is 4.76. The number of ether oxygens (including phenoxy) is 3. The molecule has 1 aromatic heterocycles. The third kappa shape index (κ3) is 7.19. The molecule has 1 aliphatic rings. The maximum Gasteiger partial charge on any atom is 0.195 e. The maximum atomic E-state index is 5.76. The van der Waals surface area contributed by atoms with Crippen LogP contribution in [0.2, 0.25) is 0 Å². The summed E-state index contributed by atoms with van der Waals surface area (Å²) in [6.45, 7) is 3.34. The fraction of sp³-hybridized carbons (Fsp3) is 0.421. The lowest BCUT2D eigenvalue weighted by molar-refractivity contribution is 0.208. The van der Waals surface area contributed by atoms with Crippen LogP contribution >= 0.6 is 35.3 Å². The molecular weight excluding hydrogens is 477 g/mol. The van der Waals surface area contributed by atoms with Crippen molar-refractivity contribution in [3.8, 4) is 11.5 Å². The van der Waals surface area contributed by atoms with Gasteiger partial charge in [-0.2, -0.15) is 0 Å². The summed E-state index contributed by atoms with van der Waals surface area (Å²) in [5.41, 5.74) is 0.911. The molecule has 2 N–H and O–H groups in total. The number of hydrogen-bond acceptors (Lipinski definition) is 5. The molecule has 0 saturated heterocycles. The van der Waals surface area contributed by atoms with Crippen molar-refractivity contribution in [2.24, 2.45) is 4.99 Å². The normalized spacial score (nSPS) is 13.4. The van der Waals surface area contributed by atoms with Gasteiger partial charge in [0.05, 0.1) is 26.4 Å². The molecule has 8 heteroatoms. The quantitative estimate of drug-likeness (QED) is 0.261. The molecule has 2 heterocycles. The molecule has 0 spiro atoms. The highest BCUT2D eigenvalue weighted by molar-refractivity contribution is 14.0. The van der Waals surface area contributed by atoms with Crippen LogP contribution in [-0.2, 0) is 11.2 Å². The summed E-state index contributed by atoms with van der Waals surface area (Å²) in [5, 5.41) is 8.81. The number of hydrogen-bond donors (Lipinski definition) is 2. The van der Waals surface area contributed by atoms with E-state index in [2.05, 4.69) is 33.1 Å². The second-order valence-corrected chi connectivity index (χ2v) is 6.85. The predicted octanol–water partition coefficient (Wildman–Crippen LogP) is 3.77. The van der Waals surface area contributed by atoms with Crippen LogP contribution in [0, 0.1) is 0 Å². The Kier molecular flexibility index (Phi) is 9.71. The van der Waals surface area contributed by atoms with Gasteiger partial charge in [-0.15, -0.1) is 35.3 Å². The maximum absolute atomic E-state index is 5.76. The molecule has 0 fully saturated rings. The van der Waals surface area contributed by atoms with Gasteiger partial charge in [0, 0.05) is 36.7 Å². The number of thiophene rings is 1. The Morgan fingerprint density at radius 1 is 1.22 bits per heavy atom. The first-order valence-electron chi connectivity index (χ1n) is 8.81. The van der Waals surface area contributed by atoms with Crippen LogP contribution in [0.25, 0.3) is 0 Å². The van der Waals surface area contributed by atoms with Crippen LogP contribution < -0.4 is 20.1 Å². The molecule has 0 unspecified atom stereocenters. The van der Waals surface area contributed by atoms with Gasteiger partial charge in [-0.25, -0.2) is 0 Å². The Morgan fingerprint density at radius 3 is 2.85 bits per heavy atom. The number of methoxy groups -OCH3 is 1. The lowest BCUT2D eigenvalue weighted by Gasteiger charge is -2.14. The van der Waals surface area contributed by atoms with Crippen molar-refractivity contribution in [1.29, 1.82) is 0 Å². The van der Waals surface area contributed by atoms with E-state index < -0.39 is 0 Å². The number of halogens is 1. The first kappa shape index (κ1) is 21.8. The molecule has 0 amide bonds. The Morgan fingerprint density at radius 2 is 2.07 bits per heavy atom. The van der Waals surface area contributed by atoms with Gasteiger partial charge in [0.25, 0.3) is 0 Å². The fourth-order valence-electron chi connectivity index (χ4n) is 2.53. The van der Waals surface area contributed by atoms with Gasteiger partial charge >= 0.3 is 0 Å². The highest BCUT2D eigenvalue weighted by Gasteiger charge is 2.11. The monoisotopic (exact) mass is 503 g/mol. The van der Waals surface area contributed by atoms with Gasteiger partial charge in [-0.1, -0.05) is 6.07 Å². The largest absolute Gasteiger partial charge is 0.490 e. The number of guanidine groups is 1. The molecule has 27 heavy (non-hydrogen) atoms.